The molecule has 1 aliphatic rings. The first-order valence-electron chi connectivity index (χ1n) is 4.70. The first kappa shape index (κ1) is 10.5. The van der Waals surface area contributed by atoms with E-state index in [4.69, 9.17) is 4.74 Å². The molecule has 15 heavy (non-hydrogen) atoms. The second-order valence-corrected chi connectivity index (χ2v) is 4.39. The van der Waals surface area contributed by atoms with E-state index in [1.807, 2.05) is 18.2 Å². The van der Waals surface area contributed by atoms with Gasteiger partial charge < -0.3 is 9.47 Å². The van der Waals surface area contributed by atoms with Crippen LogP contribution in [0.4, 0.5) is 0 Å². The van der Waals surface area contributed by atoms with E-state index in [2.05, 4.69) is 20.7 Å². The Morgan fingerprint density at radius 3 is 3.20 bits per heavy atom. The molecule has 0 aliphatic carbocycles. The van der Waals surface area contributed by atoms with Crippen molar-refractivity contribution < 1.29 is 14.3 Å². The maximum Gasteiger partial charge on any atom is 0.306 e. The molecule has 0 spiro atoms. The Morgan fingerprint density at radius 2 is 2.47 bits per heavy atom. The molecular formula is C11H11BrO3. The van der Waals surface area contributed by atoms with Crippen LogP contribution in [0, 0.1) is 0 Å². The summed E-state index contributed by atoms with van der Waals surface area (Å²) in [5.74, 6) is 0.790. The Balaban J connectivity index is 2.18. The van der Waals surface area contributed by atoms with E-state index in [0.29, 0.717) is 13.0 Å². The number of carbonyl (C=O) groups is 1. The number of ether oxygens (including phenoxy) is 2. The fourth-order valence-corrected chi connectivity index (χ4v) is 2.04. The lowest BCUT2D eigenvalue weighted by Gasteiger charge is -2.06. The summed E-state index contributed by atoms with van der Waals surface area (Å²) >= 11 is 3.38. The summed E-state index contributed by atoms with van der Waals surface area (Å²) in [4.78, 5) is 11.2. The summed E-state index contributed by atoms with van der Waals surface area (Å²) in [6.45, 7) is 0.556. The van der Waals surface area contributed by atoms with Crippen LogP contribution in [-0.4, -0.2) is 19.7 Å². The number of halogens is 1. The molecule has 0 radical (unpaired) electrons. The van der Waals surface area contributed by atoms with Crippen molar-refractivity contribution in [2.75, 3.05) is 13.7 Å². The van der Waals surface area contributed by atoms with Crippen LogP contribution >= 0.6 is 15.9 Å². The average molecular weight is 271 g/mol. The van der Waals surface area contributed by atoms with E-state index >= 15 is 0 Å². The fraction of sp³-hybridized carbons (Fsp3) is 0.364. The molecule has 0 amide bonds. The number of benzene rings is 1. The highest BCUT2D eigenvalue weighted by atomic mass is 79.9. The van der Waals surface area contributed by atoms with Crippen LogP contribution in [0.5, 0.6) is 5.75 Å². The van der Waals surface area contributed by atoms with Crippen molar-refractivity contribution in [3.63, 3.8) is 0 Å². The van der Waals surface area contributed by atoms with Crippen molar-refractivity contribution in [3.8, 4) is 5.75 Å². The Labute approximate surface area is 96.5 Å². The first-order valence-corrected chi connectivity index (χ1v) is 5.49. The summed E-state index contributed by atoms with van der Waals surface area (Å²) in [6, 6.07) is 5.87. The molecular weight excluding hydrogens is 260 g/mol. The molecule has 1 heterocycles. The summed E-state index contributed by atoms with van der Waals surface area (Å²) in [5, 5.41) is 0. The van der Waals surface area contributed by atoms with Crippen LogP contribution in [0.15, 0.2) is 22.7 Å². The number of hydrogen-bond donors (Lipinski definition) is 0. The van der Waals surface area contributed by atoms with Crippen LogP contribution in [0.3, 0.4) is 0 Å². The zero-order valence-corrected chi connectivity index (χ0v) is 9.91. The minimum atomic E-state index is -0.195. The molecule has 0 aromatic heterocycles. The van der Waals surface area contributed by atoms with Crippen molar-refractivity contribution in [1.82, 2.24) is 0 Å². The number of fused-ring (bicyclic) bond motifs is 1. The molecule has 1 aliphatic heterocycles. The maximum atomic E-state index is 11.2. The number of hydrogen-bond acceptors (Lipinski definition) is 3. The highest BCUT2D eigenvalue weighted by Gasteiger charge is 2.26. The topological polar surface area (TPSA) is 35.5 Å². The third-order valence-electron chi connectivity index (χ3n) is 2.50. The van der Waals surface area contributed by atoms with E-state index in [-0.39, 0.29) is 11.9 Å². The van der Waals surface area contributed by atoms with Gasteiger partial charge in [0.15, 0.2) is 0 Å². The number of methoxy groups -OCH3 is 1. The summed E-state index contributed by atoms with van der Waals surface area (Å²) in [5.41, 5.74) is 1.09. The Bertz CT molecular complexity index is 389. The van der Waals surface area contributed by atoms with Gasteiger partial charge in [0.2, 0.25) is 0 Å². The van der Waals surface area contributed by atoms with Gasteiger partial charge in [0.25, 0.3) is 0 Å². The highest BCUT2D eigenvalue weighted by Crippen LogP contribution is 2.37. The van der Waals surface area contributed by atoms with E-state index < -0.39 is 0 Å². The van der Waals surface area contributed by atoms with Gasteiger partial charge in [0.05, 0.1) is 20.1 Å². The second kappa shape index (κ2) is 4.23. The predicted molar refractivity (Wildman–Crippen MR) is 59.0 cm³/mol. The average Bonchev–Trinajstić information content (AvgIpc) is 2.60. The molecule has 4 heteroatoms. The van der Waals surface area contributed by atoms with Gasteiger partial charge in [-0.2, -0.15) is 0 Å². The predicted octanol–water partition coefficient (Wildman–Crippen LogP) is 2.49. The molecule has 0 saturated heterocycles. The van der Waals surface area contributed by atoms with Crippen molar-refractivity contribution in [2.24, 2.45) is 0 Å². The zero-order chi connectivity index (χ0) is 10.8. The van der Waals surface area contributed by atoms with Gasteiger partial charge in [-0.1, -0.05) is 22.0 Å². The van der Waals surface area contributed by atoms with Gasteiger partial charge in [-0.25, -0.2) is 0 Å². The van der Waals surface area contributed by atoms with E-state index in [0.717, 1.165) is 15.8 Å². The summed E-state index contributed by atoms with van der Waals surface area (Å²) in [6.07, 6.45) is 0.380. The number of carbonyl (C=O) groups excluding carboxylic acids is 1. The number of rotatable bonds is 2. The smallest absolute Gasteiger partial charge is 0.306 e. The van der Waals surface area contributed by atoms with Crippen LogP contribution in [0.1, 0.15) is 17.9 Å². The lowest BCUT2D eigenvalue weighted by atomic mass is 9.98. The van der Waals surface area contributed by atoms with Crippen LogP contribution in [0.25, 0.3) is 0 Å². The van der Waals surface area contributed by atoms with Crippen LogP contribution in [-0.2, 0) is 9.53 Å². The van der Waals surface area contributed by atoms with E-state index in [9.17, 15) is 4.79 Å². The summed E-state index contributed by atoms with van der Waals surface area (Å²) < 4.78 is 11.1. The second-order valence-electron chi connectivity index (χ2n) is 3.47. The Morgan fingerprint density at radius 1 is 1.67 bits per heavy atom. The van der Waals surface area contributed by atoms with E-state index in [1.54, 1.807) is 0 Å². The van der Waals surface area contributed by atoms with Gasteiger partial charge in [-0.3, -0.25) is 4.79 Å². The third kappa shape index (κ3) is 2.15. The molecule has 2 rings (SSSR count). The standard InChI is InChI=1S/C11H11BrO3/c1-14-11(13)4-7-6-15-10-5-8(12)2-3-9(7)10/h2-3,5,7H,4,6H2,1H3/t7-/m1/s1. The third-order valence-corrected chi connectivity index (χ3v) is 2.99. The minimum Gasteiger partial charge on any atom is -0.493 e. The molecule has 0 fully saturated rings. The Hall–Kier alpha value is -1.03. The molecule has 1 aromatic rings. The van der Waals surface area contributed by atoms with Crippen LogP contribution in [0.2, 0.25) is 0 Å². The maximum absolute atomic E-state index is 11.2. The monoisotopic (exact) mass is 270 g/mol. The quantitative estimate of drug-likeness (QED) is 0.775. The van der Waals surface area contributed by atoms with Crippen molar-refractivity contribution in [3.05, 3.63) is 28.2 Å². The SMILES string of the molecule is COC(=O)C[C@@H]1COc2cc(Br)ccc21. The van der Waals surface area contributed by atoms with Crippen LogP contribution < -0.4 is 4.74 Å². The van der Waals surface area contributed by atoms with Crippen molar-refractivity contribution >= 4 is 21.9 Å². The number of esters is 1. The minimum absolute atomic E-state index is 0.126. The van der Waals surface area contributed by atoms with Gasteiger partial charge >= 0.3 is 5.97 Å². The lowest BCUT2D eigenvalue weighted by molar-refractivity contribution is -0.141. The molecule has 0 N–H and O–H groups in total. The molecule has 0 saturated carbocycles. The summed E-state index contributed by atoms with van der Waals surface area (Å²) in [7, 11) is 1.40. The molecule has 1 aromatic carbocycles. The van der Waals surface area contributed by atoms with Crippen molar-refractivity contribution in [1.29, 1.82) is 0 Å². The van der Waals surface area contributed by atoms with Crippen molar-refractivity contribution in [2.45, 2.75) is 12.3 Å². The molecule has 3 nitrogen and oxygen atoms in total. The molecule has 1 atom stereocenters. The largest absolute Gasteiger partial charge is 0.493 e. The molecule has 80 valence electrons. The van der Waals surface area contributed by atoms with Gasteiger partial charge in [-0.05, 0) is 12.1 Å². The highest BCUT2D eigenvalue weighted by molar-refractivity contribution is 9.10. The van der Waals surface area contributed by atoms with Gasteiger partial charge in [0, 0.05) is 16.0 Å². The fourth-order valence-electron chi connectivity index (χ4n) is 1.70. The normalized spacial score (nSPS) is 18.1. The zero-order valence-electron chi connectivity index (χ0n) is 8.33. The Kier molecular flexibility index (Phi) is 2.95. The molecule has 0 bridgehead atoms. The van der Waals surface area contributed by atoms with Gasteiger partial charge in [0.1, 0.15) is 5.75 Å². The first-order chi connectivity index (χ1) is 7.20. The molecule has 0 unspecified atom stereocenters. The van der Waals surface area contributed by atoms with E-state index in [1.165, 1.54) is 7.11 Å². The van der Waals surface area contributed by atoms with Gasteiger partial charge in [-0.15, -0.1) is 0 Å². The lowest BCUT2D eigenvalue weighted by Crippen LogP contribution is -2.09.